The number of benzene rings is 1. The van der Waals surface area contributed by atoms with Crippen molar-refractivity contribution < 1.29 is 18.0 Å². The minimum atomic E-state index is -4.73. The van der Waals surface area contributed by atoms with E-state index in [9.17, 15) is 18.0 Å². The normalized spacial score (nSPS) is 18.9. The topological polar surface area (TPSA) is 72.1 Å². The van der Waals surface area contributed by atoms with E-state index in [0.29, 0.717) is 12.2 Å². The molecule has 0 spiro atoms. The van der Waals surface area contributed by atoms with Crippen molar-refractivity contribution in [1.82, 2.24) is 4.90 Å². The zero-order chi connectivity index (χ0) is 20.0. The Hall–Kier alpha value is -2.80. The van der Waals surface area contributed by atoms with Crippen molar-refractivity contribution >= 4 is 28.9 Å². The van der Waals surface area contributed by atoms with Crippen LogP contribution in [0.1, 0.15) is 25.0 Å². The smallest absolute Gasteiger partial charge is 0.328 e. The maximum Gasteiger partial charge on any atom is 0.417 e. The highest BCUT2D eigenvalue weighted by atomic mass is 32.1. The van der Waals surface area contributed by atoms with Crippen LogP contribution in [0.5, 0.6) is 0 Å². The van der Waals surface area contributed by atoms with Gasteiger partial charge in [-0.25, -0.2) is 0 Å². The van der Waals surface area contributed by atoms with Crippen LogP contribution in [0.4, 0.5) is 18.9 Å². The fraction of sp³-hybridized carbons (Fsp3) is 0.353. The maximum absolute atomic E-state index is 13.3. The molecule has 6 nitrogen and oxygen atoms in total. The summed E-state index contributed by atoms with van der Waals surface area (Å²) in [7, 11) is 0. The van der Waals surface area contributed by atoms with Gasteiger partial charge in [-0.2, -0.15) is 28.7 Å². The molecular formula is C17H14F3N5OS. The molecule has 0 bridgehead atoms. The fourth-order valence-corrected chi connectivity index (χ4v) is 3.39. The molecule has 27 heavy (non-hydrogen) atoms. The summed E-state index contributed by atoms with van der Waals surface area (Å²) in [6.45, 7) is 3.95. The fourth-order valence-electron chi connectivity index (χ4n) is 2.91. The molecule has 0 aliphatic carbocycles. The van der Waals surface area contributed by atoms with Crippen molar-refractivity contribution in [3.63, 3.8) is 0 Å². The monoisotopic (exact) mass is 393 g/mol. The Morgan fingerprint density at radius 1 is 1.37 bits per heavy atom. The lowest BCUT2D eigenvalue weighted by molar-refractivity contribution is -0.137. The summed E-state index contributed by atoms with van der Waals surface area (Å²) in [6, 6.07) is 4.62. The standard InChI is InChI=1S/C17H14F3N5OS/c1-16(2)14(26)25(15(27)24(16)9-11-5-6-22-23-11)12-4-3-10(8-21)13(7-12)17(18,19)20/h3-5,7H,6,9H2,1-2H3. The lowest BCUT2D eigenvalue weighted by Gasteiger charge is -2.28. The summed E-state index contributed by atoms with van der Waals surface area (Å²) in [4.78, 5) is 15.6. The van der Waals surface area contributed by atoms with Crippen LogP contribution in [0, 0.1) is 11.3 Å². The summed E-state index contributed by atoms with van der Waals surface area (Å²) in [5.74, 6) is -0.458. The molecule has 140 valence electrons. The van der Waals surface area contributed by atoms with Crippen LogP contribution < -0.4 is 4.90 Å². The lowest BCUT2D eigenvalue weighted by atomic mass is 10.0. The highest BCUT2D eigenvalue weighted by Gasteiger charge is 2.50. The number of halogens is 3. The number of anilines is 1. The van der Waals surface area contributed by atoms with Gasteiger partial charge in [-0.15, -0.1) is 0 Å². The summed E-state index contributed by atoms with van der Waals surface area (Å²) >= 11 is 5.39. The van der Waals surface area contributed by atoms with Crippen LogP contribution in [0.3, 0.4) is 0 Å². The molecule has 0 saturated carbocycles. The largest absolute Gasteiger partial charge is 0.417 e. The summed E-state index contributed by atoms with van der Waals surface area (Å²) in [6.07, 6.45) is -2.94. The van der Waals surface area contributed by atoms with Crippen molar-refractivity contribution in [3.05, 3.63) is 41.1 Å². The van der Waals surface area contributed by atoms with Gasteiger partial charge < -0.3 is 4.90 Å². The van der Waals surface area contributed by atoms with Gasteiger partial charge in [0.05, 0.1) is 41.7 Å². The van der Waals surface area contributed by atoms with Crippen molar-refractivity contribution in [2.45, 2.75) is 25.6 Å². The second kappa shape index (κ2) is 6.42. The average Bonchev–Trinajstić information content (AvgIpc) is 3.16. The van der Waals surface area contributed by atoms with Crippen molar-refractivity contribution in [2.24, 2.45) is 10.2 Å². The van der Waals surface area contributed by atoms with Gasteiger partial charge in [0.1, 0.15) is 5.54 Å². The first-order chi connectivity index (χ1) is 12.6. The third-order valence-corrected chi connectivity index (χ3v) is 4.84. The Labute approximate surface area is 158 Å². The van der Waals surface area contributed by atoms with Gasteiger partial charge in [0.2, 0.25) is 0 Å². The molecule has 0 unspecified atom stereocenters. The molecular weight excluding hydrogens is 379 g/mol. The molecule has 10 heteroatoms. The van der Waals surface area contributed by atoms with Gasteiger partial charge in [0, 0.05) is 0 Å². The molecule has 1 aromatic carbocycles. The SMILES string of the molecule is CC1(C)C(=O)N(c2ccc(C#N)c(C(F)(F)F)c2)C(=S)N1CC1=CCN=N1. The van der Waals surface area contributed by atoms with Crippen molar-refractivity contribution in [3.8, 4) is 6.07 Å². The molecule has 0 radical (unpaired) electrons. The number of rotatable bonds is 3. The summed E-state index contributed by atoms with van der Waals surface area (Å²) < 4.78 is 39.8. The van der Waals surface area contributed by atoms with E-state index >= 15 is 0 Å². The number of hydrogen-bond donors (Lipinski definition) is 0. The van der Waals surface area contributed by atoms with E-state index in [1.807, 2.05) is 0 Å². The molecule has 3 rings (SSSR count). The molecule has 0 N–H and O–H groups in total. The number of nitrogens with zero attached hydrogens (tertiary/aromatic N) is 5. The number of alkyl halides is 3. The maximum atomic E-state index is 13.3. The Bertz CT molecular complexity index is 929. The molecule has 1 saturated heterocycles. The summed E-state index contributed by atoms with van der Waals surface area (Å²) in [5.41, 5.74) is -2.09. The highest BCUT2D eigenvalue weighted by molar-refractivity contribution is 7.80. The number of amides is 1. The van der Waals surface area contributed by atoms with Gasteiger partial charge in [0.25, 0.3) is 5.91 Å². The first-order valence-electron chi connectivity index (χ1n) is 7.91. The molecule has 2 heterocycles. The number of hydrogen-bond acceptors (Lipinski definition) is 5. The minimum Gasteiger partial charge on any atom is -0.328 e. The Balaban J connectivity index is 2.02. The number of thiocarbonyl (C=S) groups is 1. The van der Waals surface area contributed by atoms with Crippen molar-refractivity contribution in [1.29, 1.82) is 5.26 Å². The van der Waals surface area contributed by atoms with Crippen LogP contribution in [0.25, 0.3) is 0 Å². The van der Waals surface area contributed by atoms with E-state index in [2.05, 4.69) is 10.2 Å². The first-order valence-corrected chi connectivity index (χ1v) is 8.32. The molecule has 0 aromatic heterocycles. The van der Waals surface area contributed by atoms with Gasteiger partial charge in [0.15, 0.2) is 5.11 Å². The molecule has 0 atom stereocenters. The van der Waals surface area contributed by atoms with Crippen molar-refractivity contribution in [2.75, 3.05) is 18.0 Å². The Morgan fingerprint density at radius 2 is 2.07 bits per heavy atom. The highest BCUT2D eigenvalue weighted by Crippen LogP contribution is 2.38. The van der Waals surface area contributed by atoms with Gasteiger partial charge in [-0.3, -0.25) is 9.69 Å². The second-order valence-electron chi connectivity index (χ2n) is 6.53. The quantitative estimate of drug-likeness (QED) is 0.735. The third kappa shape index (κ3) is 3.19. The van der Waals surface area contributed by atoms with Crippen LogP contribution in [-0.4, -0.2) is 34.5 Å². The van der Waals surface area contributed by atoms with E-state index in [1.165, 1.54) is 12.1 Å². The average molecular weight is 393 g/mol. The number of nitriles is 1. The van der Waals surface area contributed by atoms with E-state index in [4.69, 9.17) is 17.5 Å². The van der Waals surface area contributed by atoms with E-state index in [0.717, 1.165) is 17.0 Å². The predicted octanol–water partition coefficient (Wildman–Crippen LogP) is 3.64. The van der Waals surface area contributed by atoms with Crippen LogP contribution in [0.2, 0.25) is 0 Å². The first kappa shape index (κ1) is 19.0. The predicted molar refractivity (Wildman–Crippen MR) is 94.8 cm³/mol. The third-order valence-electron chi connectivity index (χ3n) is 4.44. The molecule has 1 amide bonds. The van der Waals surface area contributed by atoms with E-state index in [-0.39, 0.29) is 17.3 Å². The van der Waals surface area contributed by atoms with E-state index < -0.39 is 28.7 Å². The zero-order valence-corrected chi connectivity index (χ0v) is 15.2. The summed E-state index contributed by atoms with van der Waals surface area (Å²) in [5, 5.41) is 16.8. The van der Waals surface area contributed by atoms with Gasteiger partial charge in [-0.1, -0.05) is 0 Å². The molecule has 1 fully saturated rings. The molecule has 2 aliphatic heterocycles. The van der Waals surface area contributed by atoms with Crippen LogP contribution in [0.15, 0.2) is 40.2 Å². The molecule has 2 aliphatic rings. The van der Waals surface area contributed by atoms with Crippen LogP contribution >= 0.6 is 12.2 Å². The van der Waals surface area contributed by atoms with E-state index in [1.54, 1.807) is 24.8 Å². The molecule has 1 aromatic rings. The zero-order valence-electron chi connectivity index (χ0n) is 14.4. The number of carbonyl (C=O) groups is 1. The Morgan fingerprint density at radius 3 is 2.63 bits per heavy atom. The lowest BCUT2D eigenvalue weighted by Crippen LogP contribution is -2.44. The van der Waals surface area contributed by atoms with Gasteiger partial charge in [-0.05, 0) is 50.3 Å². The number of carbonyl (C=O) groups excluding carboxylic acids is 1. The van der Waals surface area contributed by atoms with Crippen LogP contribution in [-0.2, 0) is 11.0 Å². The Kier molecular flexibility index (Phi) is 4.51. The number of azo groups is 1. The minimum absolute atomic E-state index is 0.0334. The second-order valence-corrected chi connectivity index (χ2v) is 6.89. The van der Waals surface area contributed by atoms with Gasteiger partial charge >= 0.3 is 6.18 Å².